The molecule has 7 heteroatoms. The maximum Gasteiger partial charge on any atom is 0.255 e. The van der Waals surface area contributed by atoms with E-state index in [0.717, 1.165) is 24.3 Å². The molecule has 0 unspecified atom stereocenters. The fourth-order valence-corrected chi connectivity index (χ4v) is 3.35. The molecule has 0 fully saturated rings. The first kappa shape index (κ1) is 24.2. The van der Waals surface area contributed by atoms with E-state index in [0.29, 0.717) is 30.0 Å². The minimum absolute atomic E-state index is 0. The van der Waals surface area contributed by atoms with Crippen molar-refractivity contribution in [3.63, 3.8) is 0 Å². The average molecular weight is 428 g/mol. The van der Waals surface area contributed by atoms with Crippen molar-refractivity contribution < 1.29 is 9.18 Å². The Bertz CT molecular complexity index is 797. The molecule has 0 saturated heterocycles. The number of hydrogen-bond donors (Lipinski definition) is 2. The zero-order chi connectivity index (χ0) is 18.7. The zero-order valence-corrected chi connectivity index (χ0v) is 18.1. The molecule has 2 aromatic carbocycles. The summed E-state index contributed by atoms with van der Waals surface area (Å²) in [7, 11) is 2.03. The van der Waals surface area contributed by atoms with Crippen LogP contribution in [0.1, 0.15) is 35.3 Å². The number of rotatable bonds is 5. The Morgan fingerprint density at radius 1 is 1.18 bits per heavy atom. The topological polar surface area (TPSA) is 44.4 Å². The first-order valence-electron chi connectivity index (χ1n) is 9.09. The number of carbonyl (C=O) groups is 1. The molecule has 1 aliphatic heterocycles. The molecule has 1 heterocycles. The summed E-state index contributed by atoms with van der Waals surface area (Å²) < 4.78 is 14.7. The van der Waals surface area contributed by atoms with Gasteiger partial charge in [0.1, 0.15) is 5.82 Å². The van der Waals surface area contributed by atoms with Gasteiger partial charge in [0.05, 0.1) is 5.69 Å². The van der Waals surface area contributed by atoms with Gasteiger partial charge in [-0.15, -0.1) is 24.8 Å². The summed E-state index contributed by atoms with van der Waals surface area (Å²) in [6.45, 7) is 6.71. The number of nitrogens with one attached hydrogen (secondary N) is 2. The number of carbonyl (C=O) groups excluding carboxylic acids is 1. The molecule has 3 rings (SSSR count). The number of nitrogens with zero attached hydrogens (tertiary/aromatic N) is 1. The lowest BCUT2D eigenvalue weighted by Gasteiger charge is -2.21. The van der Waals surface area contributed by atoms with Gasteiger partial charge in [-0.05, 0) is 60.3 Å². The van der Waals surface area contributed by atoms with Crippen molar-refractivity contribution in [2.45, 2.75) is 26.8 Å². The molecule has 154 valence electrons. The fourth-order valence-electron chi connectivity index (χ4n) is 3.35. The van der Waals surface area contributed by atoms with Gasteiger partial charge in [-0.1, -0.05) is 19.9 Å². The van der Waals surface area contributed by atoms with Crippen LogP contribution in [0.5, 0.6) is 0 Å². The molecule has 2 aromatic rings. The molecule has 0 spiro atoms. The van der Waals surface area contributed by atoms with Crippen LogP contribution in [0, 0.1) is 11.7 Å². The number of amides is 1. The van der Waals surface area contributed by atoms with Gasteiger partial charge in [-0.2, -0.15) is 0 Å². The molecule has 0 bridgehead atoms. The molecule has 1 aliphatic rings. The van der Waals surface area contributed by atoms with Crippen LogP contribution in [0.3, 0.4) is 0 Å². The van der Waals surface area contributed by atoms with Crippen LogP contribution in [0.15, 0.2) is 36.4 Å². The van der Waals surface area contributed by atoms with Gasteiger partial charge >= 0.3 is 0 Å². The summed E-state index contributed by atoms with van der Waals surface area (Å²) in [6.07, 6.45) is 0.641. The molecular formula is C21H28Cl2FN3O. The zero-order valence-electron chi connectivity index (χ0n) is 16.4. The molecule has 0 radical (unpaired) electrons. The molecule has 0 saturated carbocycles. The van der Waals surface area contributed by atoms with E-state index < -0.39 is 0 Å². The second-order valence-corrected chi connectivity index (χ2v) is 7.27. The molecule has 0 aromatic heterocycles. The van der Waals surface area contributed by atoms with Crippen molar-refractivity contribution in [1.82, 2.24) is 5.32 Å². The smallest absolute Gasteiger partial charge is 0.255 e. The average Bonchev–Trinajstić information content (AvgIpc) is 2.64. The molecule has 28 heavy (non-hydrogen) atoms. The van der Waals surface area contributed by atoms with Crippen LogP contribution < -0.4 is 15.5 Å². The van der Waals surface area contributed by atoms with E-state index in [-0.39, 0.29) is 42.2 Å². The minimum Gasteiger partial charge on any atom is -0.374 e. The highest BCUT2D eigenvalue weighted by atomic mass is 35.5. The lowest BCUT2D eigenvalue weighted by atomic mass is 9.99. The maximum atomic E-state index is 14.7. The molecular weight excluding hydrogens is 400 g/mol. The third-order valence-electron chi connectivity index (χ3n) is 4.66. The number of benzene rings is 2. The third kappa shape index (κ3) is 5.60. The summed E-state index contributed by atoms with van der Waals surface area (Å²) in [5.74, 6) is -0.0494. The summed E-state index contributed by atoms with van der Waals surface area (Å²) in [4.78, 5) is 14.6. The van der Waals surface area contributed by atoms with E-state index in [1.807, 2.05) is 25.2 Å². The van der Waals surface area contributed by atoms with Gasteiger partial charge in [-0.3, -0.25) is 4.79 Å². The number of hydrogen-bond acceptors (Lipinski definition) is 3. The van der Waals surface area contributed by atoms with E-state index in [9.17, 15) is 9.18 Å². The molecule has 1 amide bonds. The summed E-state index contributed by atoms with van der Waals surface area (Å²) >= 11 is 0. The van der Waals surface area contributed by atoms with E-state index in [4.69, 9.17) is 0 Å². The first-order valence-corrected chi connectivity index (χ1v) is 9.09. The lowest BCUT2D eigenvalue weighted by Crippen LogP contribution is -2.25. The summed E-state index contributed by atoms with van der Waals surface area (Å²) in [5.41, 5.74) is 3.49. The van der Waals surface area contributed by atoms with E-state index >= 15 is 0 Å². The quantitative estimate of drug-likeness (QED) is 0.728. The highest BCUT2D eigenvalue weighted by Crippen LogP contribution is 2.25. The van der Waals surface area contributed by atoms with Crippen LogP contribution in [0.4, 0.5) is 15.8 Å². The Morgan fingerprint density at radius 2 is 1.86 bits per heavy atom. The second-order valence-electron chi connectivity index (χ2n) is 7.27. The second kappa shape index (κ2) is 10.6. The summed E-state index contributed by atoms with van der Waals surface area (Å²) in [5, 5.41) is 5.93. The van der Waals surface area contributed by atoms with Crippen LogP contribution in [-0.2, 0) is 13.0 Å². The van der Waals surface area contributed by atoms with Crippen LogP contribution in [0.2, 0.25) is 0 Å². The summed E-state index contributed by atoms with van der Waals surface area (Å²) in [6, 6.07) is 10.9. The Kier molecular flexibility index (Phi) is 9.21. The minimum atomic E-state index is -0.314. The highest BCUT2D eigenvalue weighted by Gasteiger charge is 2.18. The Hall–Kier alpha value is -1.82. The molecule has 0 aliphatic carbocycles. The van der Waals surface area contributed by atoms with Crippen molar-refractivity contribution in [1.29, 1.82) is 0 Å². The molecule has 2 N–H and O–H groups in total. The number of fused-ring (bicyclic) bond motifs is 1. The van der Waals surface area contributed by atoms with Crippen molar-refractivity contribution in [2.24, 2.45) is 5.92 Å². The SMILES string of the molecule is CC(C)CN(C)c1ccc(C(=O)Nc2ccc3c(c2F)CCNC3)cc1.Cl.Cl. The van der Waals surface area contributed by atoms with Gasteiger partial charge < -0.3 is 15.5 Å². The maximum absolute atomic E-state index is 14.7. The van der Waals surface area contributed by atoms with Crippen LogP contribution in [0.25, 0.3) is 0 Å². The number of halogens is 3. The largest absolute Gasteiger partial charge is 0.374 e. The van der Waals surface area contributed by atoms with E-state index in [1.54, 1.807) is 18.2 Å². The Balaban J connectivity index is 0.00000196. The van der Waals surface area contributed by atoms with Gasteiger partial charge in [0, 0.05) is 31.4 Å². The van der Waals surface area contributed by atoms with Gasteiger partial charge in [0.15, 0.2) is 0 Å². The van der Waals surface area contributed by atoms with Crippen LogP contribution in [-0.4, -0.2) is 26.0 Å². The first-order chi connectivity index (χ1) is 12.5. The predicted octanol–water partition coefficient (Wildman–Crippen LogP) is 4.66. The van der Waals surface area contributed by atoms with Crippen molar-refractivity contribution in [2.75, 3.05) is 30.4 Å². The van der Waals surface area contributed by atoms with Crippen molar-refractivity contribution in [3.05, 3.63) is 58.9 Å². The molecule has 4 nitrogen and oxygen atoms in total. The number of anilines is 2. The van der Waals surface area contributed by atoms with Gasteiger partial charge in [0.25, 0.3) is 5.91 Å². The van der Waals surface area contributed by atoms with Gasteiger partial charge in [-0.25, -0.2) is 4.39 Å². The predicted molar refractivity (Wildman–Crippen MR) is 119 cm³/mol. The van der Waals surface area contributed by atoms with Crippen LogP contribution >= 0.6 is 24.8 Å². The third-order valence-corrected chi connectivity index (χ3v) is 4.66. The van der Waals surface area contributed by atoms with Crippen molar-refractivity contribution in [3.8, 4) is 0 Å². The van der Waals surface area contributed by atoms with E-state index in [1.165, 1.54) is 0 Å². The standard InChI is InChI=1S/C21H26FN3O.2ClH/c1-14(2)13-25(3)17-7-4-15(5-8-17)21(26)24-19-9-6-16-12-23-11-10-18(16)20(19)22;;/h4-9,14,23H,10-13H2,1-3H3,(H,24,26);2*1H. The van der Waals surface area contributed by atoms with E-state index in [2.05, 4.69) is 29.4 Å². The molecule has 0 atom stereocenters. The Labute approximate surface area is 178 Å². The van der Waals surface area contributed by atoms with Gasteiger partial charge in [0.2, 0.25) is 0 Å². The normalized spacial score (nSPS) is 12.5. The highest BCUT2D eigenvalue weighted by molar-refractivity contribution is 6.04. The fraction of sp³-hybridized carbons (Fsp3) is 0.381. The monoisotopic (exact) mass is 427 g/mol. The van der Waals surface area contributed by atoms with Crippen molar-refractivity contribution >= 4 is 42.1 Å². The lowest BCUT2D eigenvalue weighted by molar-refractivity contribution is 0.102. The Morgan fingerprint density at radius 3 is 2.50 bits per heavy atom.